The summed E-state index contributed by atoms with van der Waals surface area (Å²) >= 11 is 0. The van der Waals surface area contributed by atoms with E-state index in [-0.39, 0.29) is 5.69 Å². The second kappa shape index (κ2) is 2.26. The quantitative estimate of drug-likeness (QED) is 0.502. The van der Waals surface area contributed by atoms with Crippen LogP contribution in [0.5, 0.6) is 0 Å². The first-order valence-corrected chi connectivity index (χ1v) is 3.09. The average molecular weight is 155 g/mol. The first-order valence-electron chi connectivity index (χ1n) is 3.09. The van der Waals surface area contributed by atoms with Crippen molar-refractivity contribution in [1.29, 1.82) is 0 Å². The van der Waals surface area contributed by atoms with Crippen molar-refractivity contribution in [3.63, 3.8) is 0 Å². The van der Waals surface area contributed by atoms with Crippen molar-refractivity contribution >= 4 is 5.69 Å². The van der Waals surface area contributed by atoms with E-state index in [0.717, 1.165) is 4.57 Å². The number of nitrogen functional groups attached to an aromatic ring is 1. The Hall–Kier alpha value is -1.52. The van der Waals surface area contributed by atoms with Gasteiger partial charge in [0, 0.05) is 12.7 Å². The molecule has 1 aromatic heterocycles. The summed E-state index contributed by atoms with van der Waals surface area (Å²) in [5.74, 6) is 0. The zero-order valence-electron chi connectivity index (χ0n) is 6.34. The molecule has 0 amide bonds. The molecule has 0 aliphatic heterocycles. The van der Waals surface area contributed by atoms with Crippen LogP contribution in [0.1, 0.15) is 5.69 Å². The molecule has 5 nitrogen and oxygen atoms in total. The van der Waals surface area contributed by atoms with Crippen molar-refractivity contribution < 1.29 is 0 Å². The van der Waals surface area contributed by atoms with Crippen molar-refractivity contribution in [3.8, 4) is 0 Å². The molecule has 60 valence electrons. The maximum absolute atomic E-state index is 11.0. The van der Waals surface area contributed by atoms with E-state index in [1.165, 1.54) is 7.05 Å². The van der Waals surface area contributed by atoms with E-state index in [4.69, 9.17) is 5.73 Å². The van der Waals surface area contributed by atoms with Gasteiger partial charge in [0.15, 0.2) is 0 Å². The Kier molecular flexibility index (Phi) is 1.56. The molecule has 5 heteroatoms. The molecule has 0 saturated carbocycles. The van der Waals surface area contributed by atoms with Crippen LogP contribution in [-0.4, -0.2) is 9.55 Å². The van der Waals surface area contributed by atoms with Crippen LogP contribution in [0, 0.1) is 6.92 Å². The average Bonchev–Trinajstić information content (AvgIpc) is 1.97. The minimum atomic E-state index is -0.453. The molecule has 3 N–H and O–H groups in total. The van der Waals surface area contributed by atoms with Crippen LogP contribution < -0.4 is 17.0 Å². The third-order valence-corrected chi connectivity index (χ3v) is 1.54. The van der Waals surface area contributed by atoms with Gasteiger partial charge in [0.05, 0.1) is 0 Å². The standard InChI is InChI=1S/C6H9N3O2/c1-3-4(7)5(10)9(2)6(11)8-3/h7H2,1-2H3,(H,8,11). The van der Waals surface area contributed by atoms with E-state index in [9.17, 15) is 9.59 Å². The lowest BCUT2D eigenvalue weighted by molar-refractivity contribution is 0.770. The summed E-state index contributed by atoms with van der Waals surface area (Å²) in [4.78, 5) is 24.3. The highest BCUT2D eigenvalue weighted by Crippen LogP contribution is 1.93. The number of H-pyrrole nitrogens is 1. The van der Waals surface area contributed by atoms with Gasteiger partial charge in [0.25, 0.3) is 5.56 Å². The number of anilines is 1. The highest BCUT2D eigenvalue weighted by molar-refractivity contribution is 5.38. The molecule has 1 heterocycles. The number of aromatic amines is 1. The molecule has 0 spiro atoms. The van der Waals surface area contributed by atoms with Gasteiger partial charge in [0.1, 0.15) is 5.69 Å². The van der Waals surface area contributed by atoms with Gasteiger partial charge in [-0.3, -0.25) is 9.36 Å². The lowest BCUT2D eigenvalue weighted by Gasteiger charge is -2.00. The summed E-state index contributed by atoms with van der Waals surface area (Å²) in [6.45, 7) is 1.58. The van der Waals surface area contributed by atoms with Gasteiger partial charge in [-0.05, 0) is 6.92 Å². The number of nitrogens with one attached hydrogen (secondary N) is 1. The van der Waals surface area contributed by atoms with Gasteiger partial charge < -0.3 is 10.7 Å². The van der Waals surface area contributed by atoms with E-state index in [1.54, 1.807) is 6.92 Å². The van der Waals surface area contributed by atoms with E-state index < -0.39 is 11.2 Å². The van der Waals surface area contributed by atoms with Crippen LogP contribution in [0.3, 0.4) is 0 Å². The van der Waals surface area contributed by atoms with Crippen LogP contribution >= 0.6 is 0 Å². The largest absolute Gasteiger partial charge is 0.393 e. The van der Waals surface area contributed by atoms with E-state index in [1.807, 2.05) is 0 Å². The molecule has 11 heavy (non-hydrogen) atoms. The number of aromatic nitrogens is 2. The maximum atomic E-state index is 11.0. The fourth-order valence-corrected chi connectivity index (χ4v) is 0.745. The van der Waals surface area contributed by atoms with Gasteiger partial charge in [-0.2, -0.15) is 0 Å². The fraction of sp³-hybridized carbons (Fsp3) is 0.333. The molecule has 0 aromatic carbocycles. The van der Waals surface area contributed by atoms with E-state index >= 15 is 0 Å². The number of nitrogens with zero attached hydrogens (tertiary/aromatic N) is 1. The highest BCUT2D eigenvalue weighted by atomic mass is 16.2. The number of hydrogen-bond donors (Lipinski definition) is 2. The van der Waals surface area contributed by atoms with Gasteiger partial charge in [-0.15, -0.1) is 0 Å². The van der Waals surface area contributed by atoms with Crippen LogP contribution in [0.2, 0.25) is 0 Å². The number of nitrogens with two attached hydrogens (primary N) is 1. The molecule has 0 fully saturated rings. The van der Waals surface area contributed by atoms with Crippen molar-refractivity contribution in [2.75, 3.05) is 5.73 Å². The predicted octanol–water partition coefficient (Wildman–Crippen LogP) is -1.04. The van der Waals surface area contributed by atoms with Crippen LogP contribution in [0.15, 0.2) is 9.59 Å². The summed E-state index contributed by atoms with van der Waals surface area (Å²) in [6.07, 6.45) is 0. The van der Waals surface area contributed by atoms with E-state index in [0.29, 0.717) is 5.69 Å². The molecule has 0 atom stereocenters. The van der Waals surface area contributed by atoms with Crippen LogP contribution in [0.25, 0.3) is 0 Å². The molecule has 1 aromatic rings. The maximum Gasteiger partial charge on any atom is 0.328 e. The fourth-order valence-electron chi connectivity index (χ4n) is 0.745. The first-order chi connectivity index (χ1) is 5.04. The third-order valence-electron chi connectivity index (χ3n) is 1.54. The lowest BCUT2D eigenvalue weighted by Crippen LogP contribution is -2.34. The van der Waals surface area contributed by atoms with Crippen molar-refractivity contribution in [2.24, 2.45) is 7.05 Å². The number of rotatable bonds is 0. The monoisotopic (exact) mass is 155 g/mol. The first kappa shape index (κ1) is 7.59. The molecule has 0 bridgehead atoms. The predicted molar refractivity (Wildman–Crippen MR) is 41.5 cm³/mol. The topological polar surface area (TPSA) is 80.9 Å². The van der Waals surface area contributed by atoms with Crippen molar-refractivity contribution in [2.45, 2.75) is 6.92 Å². The highest BCUT2D eigenvalue weighted by Gasteiger charge is 2.02. The molecular formula is C6H9N3O2. The molecule has 0 radical (unpaired) electrons. The molecule has 1 rings (SSSR count). The van der Waals surface area contributed by atoms with Gasteiger partial charge >= 0.3 is 5.69 Å². The Balaban J connectivity index is 3.74. The third kappa shape index (κ3) is 1.04. The minimum Gasteiger partial charge on any atom is -0.393 e. The zero-order chi connectivity index (χ0) is 8.59. The molecular weight excluding hydrogens is 146 g/mol. The smallest absolute Gasteiger partial charge is 0.328 e. The SMILES string of the molecule is Cc1[nH]c(=O)n(C)c(=O)c1N. The minimum absolute atomic E-state index is 0.0899. The Morgan fingerprint density at radius 3 is 2.55 bits per heavy atom. The zero-order valence-corrected chi connectivity index (χ0v) is 6.34. The number of hydrogen-bond acceptors (Lipinski definition) is 3. The summed E-state index contributed by atoms with van der Waals surface area (Å²) in [7, 11) is 1.37. The molecule has 0 aliphatic rings. The normalized spacial score (nSPS) is 10.0. The second-order valence-electron chi connectivity index (χ2n) is 2.33. The molecule has 0 aliphatic carbocycles. The Morgan fingerprint density at radius 1 is 1.45 bits per heavy atom. The molecule has 0 saturated heterocycles. The second-order valence-corrected chi connectivity index (χ2v) is 2.33. The van der Waals surface area contributed by atoms with Crippen LogP contribution in [-0.2, 0) is 7.05 Å². The Bertz CT molecular complexity index is 388. The van der Waals surface area contributed by atoms with Gasteiger partial charge in [-0.25, -0.2) is 4.79 Å². The Morgan fingerprint density at radius 2 is 2.00 bits per heavy atom. The van der Waals surface area contributed by atoms with Gasteiger partial charge in [-0.1, -0.05) is 0 Å². The lowest BCUT2D eigenvalue weighted by atomic mass is 10.4. The van der Waals surface area contributed by atoms with Crippen molar-refractivity contribution in [1.82, 2.24) is 9.55 Å². The van der Waals surface area contributed by atoms with Crippen molar-refractivity contribution in [3.05, 3.63) is 26.5 Å². The summed E-state index contributed by atoms with van der Waals surface area (Å²) in [6, 6.07) is 0. The van der Waals surface area contributed by atoms with E-state index in [2.05, 4.69) is 4.98 Å². The summed E-state index contributed by atoms with van der Waals surface area (Å²) < 4.78 is 0.933. The summed E-state index contributed by atoms with van der Waals surface area (Å²) in [5, 5.41) is 0. The molecule has 0 unspecified atom stereocenters. The summed E-state index contributed by atoms with van der Waals surface area (Å²) in [5.41, 5.74) is 4.96. The number of aryl methyl sites for hydroxylation is 1. The van der Waals surface area contributed by atoms with Gasteiger partial charge in [0.2, 0.25) is 0 Å². The Labute approximate surface area is 62.5 Å². The van der Waals surface area contributed by atoms with Crippen LogP contribution in [0.4, 0.5) is 5.69 Å².